The summed E-state index contributed by atoms with van der Waals surface area (Å²) >= 11 is 0. The third kappa shape index (κ3) is 2.67. The van der Waals surface area contributed by atoms with Gasteiger partial charge in [-0.1, -0.05) is 25.0 Å². The molecule has 0 bridgehead atoms. The van der Waals surface area contributed by atoms with Crippen LogP contribution >= 0.6 is 0 Å². The van der Waals surface area contributed by atoms with Crippen molar-refractivity contribution in [1.29, 1.82) is 0 Å². The molecule has 2 amide bonds. The first kappa shape index (κ1) is 14.9. The van der Waals surface area contributed by atoms with Gasteiger partial charge in [0, 0.05) is 13.1 Å². The lowest BCUT2D eigenvalue weighted by Gasteiger charge is -2.34. The number of carbonyl (C=O) groups is 2. The number of anilines is 1. The van der Waals surface area contributed by atoms with Gasteiger partial charge in [-0.2, -0.15) is 0 Å². The third-order valence-corrected chi connectivity index (χ3v) is 4.63. The number of likely N-dealkylation sites (N-methyl/N-ethyl adjacent to an activating group) is 1. The lowest BCUT2D eigenvalue weighted by atomic mass is 10.1. The van der Waals surface area contributed by atoms with E-state index in [1.54, 1.807) is 11.8 Å². The van der Waals surface area contributed by atoms with E-state index in [-0.39, 0.29) is 18.4 Å². The van der Waals surface area contributed by atoms with Crippen LogP contribution < -0.4 is 9.64 Å². The summed E-state index contributed by atoms with van der Waals surface area (Å²) < 4.78 is 5.60. The first-order valence-corrected chi connectivity index (χ1v) is 7.90. The summed E-state index contributed by atoms with van der Waals surface area (Å²) in [4.78, 5) is 28.3. The quantitative estimate of drug-likeness (QED) is 0.860. The molecule has 1 saturated carbocycles. The van der Waals surface area contributed by atoms with Crippen LogP contribution in [0.25, 0.3) is 0 Å². The zero-order valence-electron chi connectivity index (χ0n) is 13.1. The van der Waals surface area contributed by atoms with E-state index in [1.807, 2.05) is 36.2 Å². The van der Waals surface area contributed by atoms with Crippen molar-refractivity contribution in [2.45, 2.75) is 44.8 Å². The SMILES string of the molecule is CC1Oc2ccccc2N(CC(=O)N(C)C2CCCC2)C1=O. The average molecular weight is 302 g/mol. The largest absolute Gasteiger partial charge is 0.479 e. The number of amides is 2. The van der Waals surface area contributed by atoms with Crippen molar-refractivity contribution in [3.8, 4) is 5.75 Å². The van der Waals surface area contributed by atoms with Crippen LogP contribution in [0.2, 0.25) is 0 Å². The predicted octanol–water partition coefficient (Wildman–Crippen LogP) is 2.20. The number of para-hydroxylation sites is 2. The van der Waals surface area contributed by atoms with Gasteiger partial charge in [0.05, 0.1) is 5.69 Å². The first-order chi connectivity index (χ1) is 10.6. The number of hydrogen-bond donors (Lipinski definition) is 0. The van der Waals surface area contributed by atoms with Gasteiger partial charge < -0.3 is 9.64 Å². The van der Waals surface area contributed by atoms with Crippen LogP contribution in [0.1, 0.15) is 32.6 Å². The van der Waals surface area contributed by atoms with Crippen LogP contribution in [0.5, 0.6) is 5.75 Å². The average Bonchev–Trinajstić information content (AvgIpc) is 3.05. The van der Waals surface area contributed by atoms with Crippen LogP contribution in [0.15, 0.2) is 24.3 Å². The third-order valence-electron chi connectivity index (χ3n) is 4.63. The summed E-state index contributed by atoms with van der Waals surface area (Å²) in [5.74, 6) is 0.488. The molecule has 22 heavy (non-hydrogen) atoms. The maximum Gasteiger partial charge on any atom is 0.268 e. The van der Waals surface area contributed by atoms with Gasteiger partial charge in [-0.05, 0) is 31.9 Å². The van der Waals surface area contributed by atoms with Crippen molar-refractivity contribution in [1.82, 2.24) is 4.90 Å². The number of fused-ring (bicyclic) bond motifs is 1. The first-order valence-electron chi connectivity index (χ1n) is 7.90. The Balaban J connectivity index is 1.78. The van der Waals surface area contributed by atoms with Crippen molar-refractivity contribution >= 4 is 17.5 Å². The Morgan fingerprint density at radius 2 is 2.00 bits per heavy atom. The molecule has 1 aromatic carbocycles. The van der Waals surface area contributed by atoms with Gasteiger partial charge in [-0.15, -0.1) is 0 Å². The van der Waals surface area contributed by atoms with Crippen LogP contribution in [0, 0.1) is 0 Å². The molecule has 118 valence electrons. The molecule has 0 radical (unpaired) electrons. The monoisotopic (exact) mass is 302 g/mol. The Morgan fingerprint density at radius 3 is 2.73 bits per heavy atom. The van der Waals surface area contributed by atoms with Crippen molar-refractivity contribution < 1.29 is 14.3 Å². The number of nitrogens with zero attached hydrogens (tertiary/aromatic N) is 2. The fourth-order valence-corrected chi connectivity index (χ4v) is 3.26. The second-order valence-electron chi connectivity index (χ2n) is 6.10. The molecule has 1 atom stereocenters. The molecule has 0 spiro atoms. The van der Waals surface area contributed by atoms with E-state index in [0.29, 0.717) is 17.5 Å². The van der Waals surface area contributed by atoms with E-state index < -0.39 is 6.10 Å². The summed E-state index contributed by atoms with van der Waals surface area (Å²) in [6.07, 6.45) is 3.93. The molecule has 1 aliphatic heterocycles. The summed E-state index contributed by atoms with van der Waals surface area (Å²) in [6, 6.07) is 7.69. The maximum absolute atomic E-state index is 12.6. The van der Waals surface area contributed by atoms with E-state index in [9.17, 15) is 9.59 Å². The van der Waals surface area contributed by atoms with Gasteiger partial charge in [-0.3, -0.25) is 14.5 Å². The van der Waals surface area contributed by atoms with Crippen LogP contribution in [-0.2, 0) is 9.59 Å². The van der Waals surface area contributed by atoms with Crippen molar-refractivity contribution in [2.24, 2.45) is 0 Å². The second-order valence-corrected chi connectivity index (χ2v) is 6.10. The zero-order valence-corrected chi connectivity index (χ0v) is 13.1. The summed E-state index contributed by atoms with van der Waals surface area (Å²) in [6.45, 7) is 1.80. The van der Waals surface area contributed by atoms with Crippen LogP contribution in [0.3, 0.4) is 0 Å². The molecule has 3 rings (SSSR count). The molecule has 1 aromatic rings. The number of rotatable bonds is 3. The Bertz CT molecular complexity index is 581. The minimum Gasteiger partial charge on any atom is -0.479 e. The lowest BCUT2D eigenvalue weighted by molar-refractivity contribution is -0.133. The molecule has 2 aliphatic rings. The molecule has 0 aromatic heterocycles. The summed E-state index contributed by atoms with van der Waals surface area (Å²) in [7, 11) is 1.85. The molecular formula is C17H22N2O3. The van der Waals surface area contributed by atoms with Crippen molar-refractivity contribution in [3.05, 3.63) is 24.3 Å². The Kier molecular flexibility index (Phi) is 4.05. The molecule has 1 heterocycles. The minimum absolute atomic E-state index is 0.0100. The Hall–Kier alpha value is -2.04. The topological polar surface area (TPSA) is 49.9 Å². The highest BCUT2D eigenvalue weighted by atomic mass is 16.5. The number of ether oxygens (including phenoxy) is 1. The minimum atomic E-state index is -0.556. The predicted molar refractivity (Wildman–Crippen MR) is 83.9 cm³/mol. The maximum atomic E-state index is 12.6. The fourth-order valence-electron chi connectivity index (χ4n) is 3.26. The van der Waals surface area contributed by atoms with E-state index in [1.165, 1.54) is 12.8 Å². The highest BCUT2D eigenvalue weighted by molar-refractivity contribution is 6.03. The standard InChI is InChI=1S/C17H22N2O3/c1-12-17(21)19(14-9-5-6-10-15(14)22-12)11-16(20)18(2)13-7-3-4-8-13/h5-6,9-10,12-13H,3-4,7-8,11H2,1-2H3. The van der Waals surface area contributed by atoms with E-state index in [4.69, 9.17) is 4.74 Å². The molecule has 1 fully saturated rings. The molecule has 5 nitrogen and oxygen atoms in total. The Morgan fingerprint density at radius 1 is 1.32 bits per heavy atom. The van der Waals surface area contributed by atoms with Gasteiger partial charge in [0.25, 0.3) is 5.91 Å². The highest BCUT2D eigenvalue weighted by Crippen LogP contribution is 2.33. The van der Waals surface area contributed by atoms with E-state index >= 15 is 0 Å². The van der Waals surface area contributed by atoms with Crippen LogP contribution in [-0.4, -0.2) is 42.5 Å². The van der Waals surface area contributed by atoms with E-state index in [2.05, 4.69) is 0 Å². The fraction of sp³-hybridized carbons (Fsp3) is 0.529. The van der Waals surface area contributed by atoms with Crippen molar-refractivity contribution in [2.75, 3.05) is 18.5 Å². The second kappa shape index (κ2) is 5.99. The van der Waals surface area contributed by atoms with Crippen molar-refractivity contribution in [3.63, 3.8) is 0 Å². The van der Waals surface area contributed by atoms with Crippen LogP contribution in [0.4, 0.5) is 5.69 Å². The lowest BCUT2D eigenvalue weighted by Crippen LogP contribution is -2.50. The van der Waals surface area contributed by atoms with Gasteiger partial charge in [-0.25, -0.2) is 0 Å². The molecule has 1 unspecified atom stereocenters. The number of carbonyl (C=O) groups excluding carboxylic acids is 2. The summed E-state index contributed by atoms with van der Waals surface area (Å²) in [5, 5.41) is 0. The Labute approximate surface area is 130 Å². The number of hydrogen-bond acceptors (Lipinski definition) is 3. The van der Waals surface area contributed by atoms with Gasteiger partial charge in [0.1, 0.15) is 12.3 Å². The molecule has 5 heteroatoms. The normalized spacial score (nSPS) is 21.5. The van der Waals surface area contributed by atoms with Gasteiger partial charge in [0.2, 0.25) is 5.91 Å². The number of benzene rings is 1. The van der Waals surface area contributed by atoms with Gasteiger partial charge >= 0.3 is 0 Å². The molecular weight excluding hydrogens is 280 g/mol. The summed E-state index contributed by atoms with van der Waals surface area (Å²) in [5.41, 5.74) is 0.679. The molecule has 1 aliphatic carbocycles. The molecule has 0 saturated heterocycles. The van der Waals surface area contributed by atoms with E-state index in [0.717, 1.165) is 12.8 Å². The smallest absolute Gasteiger partial charge is 0.268 e. The highest BCUT2D eigenvalue weighted by Gasteiger charge is 2.34. The zero-order chi connectivity index (χ0) is 15.7. The molecule has 0 N–H and O–H groups in total. The van der Waals surface area contributed by atoms with Gasteiger partial charge in [0.15, 0.2) is 6.10 Å².